The fraction of sp³-hybridized carbons (Fsp3) is 0.273. The van der Waals surface area contributed by atoms with E-state index in [1.807, 2.05) is 26.0 Å². The minimum atomic E-state index is -0.200. The van der Waals surface area contributed by atoms with Crippen LogP contribution in [-0.2, 0) is 10.5 Å². The molecule has 6 nitrogen and oxygen atoms in total. The summed E-state index contributed by atoms with van der Waals surface area (Å²) < 4.78 is 10.4. The first-order valence-electron chi connectivity index (χ1n) is 9.24. The number of thioether (sulfide) groups is 1. The van der Waals surface area contributed by atoms with Gasteiger partial charge >= 0.3 is 0 Å². The Hall–Kier alpha value is -2.64. The van der Waals surface area contributed by atoms with E-state index in [0.29, 0.717) is 33.3 Å². The first-order valence-corrected chi connectivity index (χ1v) is 10.8. The van der Waals surface area contributed by atoms with E-state index in [1.54, 1.807) is 18.2 Å². The number of carbonyl (C=O) groups excluding carboxylic acids is 1. The third-order valence-corrected chi connectivity index (χ3v) is 5.84. The molecule has 30 heavy (non-hydrogen) atoms. The van der Waals surface area contributed by atoms with Gasteiger partial charge in [0.05, 0.1) is 36.2 Å². The number of H-pyrrole nitrogens is 1. The highest BCUT2D eigenvalue weighted by Gasteiger charge is 2.13. The van der Waals surface area contributed by atoms with Gasteiger partial charge in [0.25, 0.3) is 0 Å². The van der Waals surface area contributed by atoms with Crippen LogP contribution in [-0.4, -0.2) is 30.9 Å². The Balaban J connectivity index is 1.66. The van der Waals surface area contributed by atoms with Crippen molar-refractivity contribution >= 4 is 45.9 Å². The smallest absolute Gasteiger partial charge is 0.234 e. The lowest BCUT2D eigenvalue weighted by Gasteiger charge is -2.13. The van der Waals surface area contributed by atoms with Crippen molar-refractivity contribution in [1.82, 2.24) is 4.98 Å². The van der Waals surface area contributed by atoms with Crippen LogP contribution in [0, 0.1) is 13.8 Å². The van der Waals surface area contributed by atoms with Gasteiger partial charge in [0.1, 0.15) is 11.5 Å². The highest BCUT2D eigenvalue weighted by molar-refractivity contribution is 7.99. The minimum Gasteiger partial charge on any atom is -0.495 e. The molecule has 3 rings (SSSR count). The van der Waals surface area contributed by atoms with Gasteiger partial charge in [-0.25, -0.2) is 0 Å². The zero-order chi connectivity index (χ0) is 21.8. The number of halogens is 1. The molecule has 3 aromatic rings. The first kappa shape index (κ1) is 22.1. The number of rotatable bonds is 7. The standard InChI is InChI=1S/C22H23ClN2O4S/c1-12-5-13(2)22-17(6-12)24-14(7-18(22)26)10-30-11-21(27)25-16-8-15(23)19(28-3)9-20(16)29-4/h5-9H,10-11H2,1-4H3,(H,24,26)(H,25,27). The van der Waals surface area contributed by atoms with Gasteiger partial charge in [0.2, 0.25) is 5.91 Å². The number of hydrogen-bond acceptors (Lipinski definition) is 5. The number of methoxy groups -OCH3 is 2. The predicted octanol–water partition coefficient (Wildman–Crippen LogP) is 4.69. The highest BCUT2D eigenvalue weighted by Crippen LogP contribution is 2.36. The van der Waals surface area contributed by atoms with E-state index in [0.717, 1.165) is 22.3 Å². The van der Waals surface area contributed by atoms with E-state index < -0.39 is 0 Å². The molecule has 2 aromatic carbocycles. The largest absolute Gasteiger partial charge is 0.495 e. The molecule has 158 valence electrons. The van der Waals surface area contributed by atoms with E-state index in [4.69, 9.17) is 21.1 Å². The van der Waals surface area contributed by atoms with Crippen molar-refractivity contribution in [3.05, 3.63) is 62.4 Å². The average Bonchev–Trinajstić information content (AvgIpc) is 2.67. The summed E-state index contributed by atoms with van der Waals surface area (Å²) in [7, 11) is 3.02. The molecular formula is C22H23ClN2O4S. The number of hydrogen-bond donors (Lipinski definition) is 2. The van der Waals surface area contributed by atoms with E-state index in [-0.39, 0.29) is 17.1 Å². The van der Waals surface area contributed by atoms with Crippen LogP contribution < -0.4 is 20.2 Å². The second kappa shape index (κ2) is 9.45. The lowest BCUT2D eigenvalue weighted by molar-refractivity contribution is -0.113. The van der Waals surface area contributed by atoms with Crippen molar-refractivity contribution in [3.8, 4) is 11.5 Å². The minimum absolute atomic E-state index is 0.0149. The number of ether oxygens (including phenoxy) is 2. The van der Waals surface area contributed by atoms with Gasteiger partial charge in [-0.3, -0.25) is 9.59 Å². The molecule has 0 aliphatic carbocycles. The number of aryl methyl sites for hydroxylation is 2. The van der Waals surface area contributed by atoms with E-state index in [2.05, 4.69) is 10.3 Å². The molecule has 0 unspecified atom stereocenters. The molecule has 1 amide bonds. The van der Waals surface area contributed by atoms with Crippen molar-refractivity contribution in [3.63, 3.8) is 0 Å². The molecule has 0 saturated heterocycles. The first-order chi connectivity index (χ1) is 14.3. The van der Waals surface area contributed by atoms with E-state index in [9.17, 15) is 9.59 Å². The summed E-state index contributed by atoms with van der Waals surface area (Å²) in [6.45, 7) is 3.93. The molecule has 1 aromatic heterocycles. The summed E-state index contributed by atoms with van der Waals surface area (Å²) in [5.74, 6) is 1.44. The summed E-state index contributed by atoms with van der Waals surface area (Å²) in [5, 5.41) is 3.88. The molecule has 0 aliphatic heterocycles. The molecule has 0 spiro atoms. The third kappa shape index (κ3) is 4.91. The molecular weight excluding hydrogens is 424 g/mol. The van der Waals surface area contributed by atoms with Crippen LogP contribution >= 0.6 is 23.4 Å². The summed E-state index contributed by atoms with van der Waals surface area (Å²) >= 11 is 7.54. The molecule has 0 bridgehead atoms. The van der Waals surface area contributed by atoms with Crippen molar-refractivity contribution in [2.45, 2.75) is 19.6 Å². The van der Waals surface area contributed by atoms with Gasteiger partial charge in [-0.05, 0) is 37.1 Å². The molecule has 2 N–H and O–H groups in total. The normalized spacial score (nSPS) is 10.8. The predicted molar refractivity (Wildman–Crippen MR) is 123 cm³/mol. The van der Waals surface area contributed by atoms with Crippen LogP contribution in [0.1, 0.15) is 16.8 Å². The Morgan fingerprint density at radius 3 is 2.53 bits per heavy atom. The Kier molecular flexibility index (Phi) is 6.95. The van der Waals surface area contributed by atoms with Crippen molar-refractivity contribution in [1.29, 1.82) is 0 Å². The van der Waals surface area contributed by atoms with Crippen LogP contribution in [0.15, 0.2) is 35.1 Å². The number of carbonyl (C=O) groups is 1. The molecule has 0 radical (unpaired) electrons. The number of aromatic amines is 1. The lowest BCUT2D eigenvalue weighted by atomic mass is 10.1. The zero-order valence-corrected chi connectivity index (χ0v) is 18.8. The number of amides is 1. The second-order valence-corrected chi connectivity index (χ2v) is 8.28. The number of anilines is 1. The molecule has 0 aliphatic rings. The SMILES string of the molecule is COc1cc(OC)c(NC(=O)CSCc2cc(=O)c3c(C)cc(C)cc3[nH]2)cc1Cl. The maximum atomic E-state index is 12.5. The number of aromatic nitrogens is 1. The fourth-order valence-electron chi connectivity index (χ4n) is 3.31. The van der Waals surface area contributed by atoms with Gasteiger partial charge in [-0.1, -0.05) is 17.7 Å². The van der Waals surface area contributed by atoms with Crippen molar-refractivity contribution in [2.24, 2.45) is 0 Å². The fourth-order valence-corrected chi connectivity index (χ4v) is 4.28. The maximum absolute atomic E-state index is 12.5. The quantitative estimate of drug-likeness (QED) is 0.550. The van der Waals surface area contributed by atoms with Crippen LogP contribution in [0.3, 0.4) is 0 Å². The number of pyridine rings is 1. The maximum Gasteiger partial charge on any atom is 0.234 e. The summed E-state index contributed by atoms with van der Waals surface area (Å²) in [6, 6.07) is 8.77. The highest BCUT2D eigenvalue weighted by atomic mass is 35.5. The lowest BCUT2D eigenvalue weighted by Crippen LogP contribution is -2.15. The van der Waals surface area contributed by atoms with E-state index >= 15 is 0 Å². The Morgan fingerprint density at radius 1 is 1.10 bits per heavy atom. The average molecular weight is 447 g/mol. The topological polar surface area (TPSA) is 80.4 Å². The van der Waals surface area contributed by atoms with Crippen LogP contribution in [0.4, 0.5) is 5.69 Å². The van der Waals surface area contributed by atoms with Gasteiger partial charge < -0.3 is 19.8 Å². The summed E-state index contributed by atoms with van der Waals surface area (Å²) in [6.07, 6.45) is 0. The number of fused-ring (bicyclic) bond motifs is 1. The van der Waals surface area contributed by atoms with Gasteiger partial charge in [-0.2, -0.15) is 0 Å². The molecule has 8 heteroatoms. The Labute approximate surface area is 183 Å². The van der Waals surface area contributed by atoms with E-state index in [1.165, 1.54) is 26.0 Å². The van der Waals surface area contributed by atoms with Gasteiger partial charge in [0, 0.05) is 29.0 Å². The number of nitrogens with one attached hydrogen (secondary N) is 2. The monoisotopic (exact) mass is 446 g/mol. The van der Waals surface area contributed by atoms with Crippen molar-refractivity contribution < 1.29 is 14.3 Å². The van der Waals surface area contributed by atoms with Gasteiger partial charge in [0.15, 0.2) is 5.43 Å². The second-order valence-electron chi connectivity index (χ2n) is 6.89. The third-order valence-electron chi connectivity index (χ3n) is 4.57. The zero-order valence-electron chi connectivity index (χ0n) is 17.2. The van der Waals surface area contributed by atoms with Gasteiger partial charge in [-0.15, -0.1) is 11.8 Å². The van der Waals surface area contributed by atoms with Crippen molar-refractivity contribution in [2.75, 3.05) is 25.3 Å². The van der Waals surface area contributed by atoms with Crippen LogP contribution in [0.25, 0.3) is 10.9 Å². The summed E-state index contributed by atoms with van der Waals surface area (Å²) in [5.41, 5.74) is 4.10. The Morgan fingerprint density at radius 2 is 1.83 bits per heavy atom. The van der Waals surface area contributed by atoms with Crippen LogP contribution in [0.2, 0.25) is 5.02 Å². The molecule has 0 fully saturated rings. The summed E-state index contributed by atoms with van der Waals surface area (Å²) in [4.78, 5) is 28.2. The Bertz CT molecular complexity index is 1160. The molecule has 0 saturated carbocycles. The molecule has 0 atom stereocenters. The number of benzene rings is 2. The molecule has 1 heterocycles. The van der Waals surface area contributed by atoms with Crippen LogP contribution in [0.5, 0.6) is 11.5 Å².